The molecular weight excluding hydrogens is 282 g/mol. The van der Waals surface area contributed by atoms with Crippen LogP contribution in [0.4, 0.5) is 0 Å². The second-order valence-corrected chi connectivity index (χ2v) is 6.55. The molecule has 3 rings (SSSR count). The van der Waals surface area contributed by atoms with Gasteiger partial charge in [0.05, 0.1) is 18.9 Å². The maximum absolute atomic E-state index is 10.8. The highest BCUT2D eigenvalue weighted by atomic mass is 32.1. The molecule has 0 spiro atoms. The van der Waals surface area contributed by atoms with Crippen LogP contribution in [0.1, 0.15) is 54.2 Å². The monoisotopic (exact) mass is 303 g/mol. The standard InChI is InChI=1S/C17H21NO2S/c1-2-7-20-13-9-12(10-18-11-13)17(19)15-4-3-5-16-14(15)6-8-21-16/h6,8-11,15,17,19H,2-5,7H2,1H3. The van der Waals surface area contributed by atoms with E-state index in [1.54, 1.807) is 23.7 Å². The first kappa shape index (κ1) is 14.5. The van der Waals surface area contributed by atoms with Gasteiger partial charge in [0.1, 0.15) is 5.75 Å². The Hall–Kier alpha value is -1.39. The summed E-state index contributed by atoms with van der Waals surface area (Å²) in [6, 6.07) is 4.09. The van der Waals surface area contributed by atoms with Gasteiger partial charge < -0.3 is 9.84 Å². The first-order valence-electron chi connectivity index (χ1n) is 7.61. The van der Waals surface area contributed by atoms with Crippen LogP contribution in [0.5, 0.6) is 5.75 Å². The van der Waals surface area contributed by atoms with Gasteiger partial charge in [0.25, 0.3) is 0 Å². The second-order valence-electron chi connectivity index (χ2n) is 5.55. The second kappa shape index (κ2) is 6.58. The number of hydrogen-bond acceptors (Lipinski definition) is 4. The summed E-state index contributed by atoms with van der Waals surface area (Å²) >= 11 is 1.80. The average molecular weight is 303 g/mol. The number of pyridine rings is 1. The number of ether oxygens (including phenoxy) is 1. The minimum Gasteiger partial charge on any atom is -0.492 e. The normalized spacial score (nSPS) is 19.0. The van der Waals surface area contributed by atoms with E-state index in [-0.39, 0.29) is 5.92 Å². The van der Waals surface area contributed by atoms with Crippen LogP contribution in [-0.2, 0) is 6.42 Å². The molecule has 1 N–H and O–H groups in total. The molecule has 21 heavy (non-hydrogen) atoms. The number of thiophene rings is 1. The number of aliphatic hydroxyl groups excluding tert-OH is 1. The van der Waals surface area contributed by atoms with Crippen LogP contribution in [0.15, 0.2) is 29.9 Å². The number of fused-ring (bicyclic) bond motifs is 1. The lowest BCUT2D eigenvalue weighted by molar-refractivity contribution is 0.135. The van der Waals surface area contributed by atoms with Crippen LogP contribution in [-0.4, -0.2) is 16.7 Å². The molecule has 0 saturated heterocycles. The average Bonchev–Trinajstić information content (AvgIpc) is 3.01. The topological polar surface area (TPSA) is 42.4 Å². The van der Waals surface area contributed by atoms with E-state index in [1.165, 1.54) is 10.4 Å². The number of aliphatic hydroxyl groups is 1. The van der Waals surface area contributed by atoms with Crippen LogP contribution >= 0.6 is 11.3 Å². The highest BCUT2D eigenvalue weighted by molar-refractivity contribution is 7.10. The Morgan fingerprint density at radius 3 is 3.24 bits per heavy atom. The molecule has 4 heteroatoms. The largest absolute Gasteiger partial charge is 0.492 e. The molecule has 0 aliphatic heterocycles. The number of aromatic nitrogens is 1. The van der Waals surface area contributed by atoms with E-state index < -0.39 is 6.10 Å². The summed E-state index contributed by atoms with van der Waals surface area (Å²) < 4.78 is 5.62. The van der Waals surface area contributed by atoms with E-state index in [4.69, 9.17) is 4.74 Å². The number of rotatable bonds is 5. The van der Waals surface area contributed by atoms with Gasteiger partial charge in [-0.2, -0.15) is 0 Å². The van der Waals surface area contributed by atoms with E-state index in [9.17, 15) is 5.11 Å². The summed E-state index contributed by atoms with van der Waals surface area (Å²) in [6.45, 7) is 2.76. The highest BCUT2D eigenvalue weighted by Gasteiger charge is 2.28. The molecule has 1 aliphatic rings. The van der Waals surface area contributed by atoms with Crippen molar-refractivity contribution in [2.45, 2.75) is 44.6 Å². The Kier molecular flexibility index (Phi) is 4.56. The van der Waals surface area contributed by atoms with Gasteiger partial charge in [-0.3, -0.25) is 4.98 Å². The Balaban J connectivity index is 1.81. The number of aryl methyl sites for hydroxylation is 1. The summed E-state index contributed by atoms with van der Waals surface area (Å²) in [7, 11) is 0. The summed E-state index contributed by atoms with van der Waals surface area (Å²) in [5.74, 6) is 0.929. The molecule has 0 amide bonds. The van der Waals surface area contributed by atoms with Crippen molar-refractivity contribution in [1.29, 1.82) is 0 Å². The van der Waals surface area contributed by atoms with Crippen molar-refractivity contribution in [2.24, 2.45) is 0 Å². The molecular formula is C17H21NO2S. The number of hydrogen-bond donors (Lipinski definition) is 1. The van der Waals surface area contributed by atoms with Gasteiger partial charge in [-0.15, -0.1) is 11.3 Å². The van der Waals surface area contributed by atoms with E-state index in [0.717, 1.165) is 37.0 Å². The third kappa shape index (κ3) is 3.11. The van der Waals surface area contributed by atoms with E-state index in [1.807, 2.05) is 6.07 Å². The number of nitrogens with zero attached hydrogens (tertiary/aromatic N) is 1. The van der Waals surface area contributed by atoms with Crippen LogP contribution in [0.2, 0.25) is 0 Å². The third-order valence-corrected chi connectivity index (χ3v) is 5.02. The maximum atomic E-state index is 10.8. The van der Waals surface area contributed by atoms with Gasteiger partial charge in [-0.25, -0.2) is 0 Å². The van der Waals surface area contributed by atoms with Gasteiger partial charge >= 0.3 is 0 Å². The first-order valence-corrected chi connectivity index (χ1v) is 8.49. The highest BCUT2D eigenvalue weighted by Crippen LogP contribution is 2.42. The van der Waals surface area contributed by atoms with Gasteiger partial charge in [0, 0.05) is 22.6 Å². The molecule has 2 atom stereocenters. The Labute approximate surface area is 129 Å². The summed E-state index contributed by atoms with van der Waals surface area (Å²) in [5.41, 5.74) is 2.17. The molecule has 2 heterocycles. The minimum atomic E-state index is -0.503. The van der Waals surface area contributed by atoms with Crippen molar-refractivity contribution in [2.75, 3.05) is 6.61 Å². The third-order valence-electron chi connectivity index (χ3n) is 4.03. The molecule has 0 fully saturated rings. The molecule has 0 radical (unpaired) electrons. The van der Waals surface area contributed by atoms with Crippen molar-refractivity contribution >= 4 is 11.3 Å². The zero-order valence-corrected chi connectivity index (χ0v) is 13.1. The van der Waals surface area contributed by atoms with Crippen LogP contribution in [0.3, 0.4) is 0 Å². The molecule has 2 aromatic heterocycles. The molecule has 3 nitrogen and oxygen atoms in total. The fourth-order valence-electron chi connectivity index (χ4n) is 2.98. The molecule has 2 aromatic rings. The molecule has 112 valence electrons. The Bertz CT molecular complexity index is 596. The molecule has 1 aliphatic carbocycles. The van der Waals surface area contributed by atoms with Gasteiger partial charge in [0.2, 0.25) is 0 Å². The lowest BCUT2D eigenvalue weighted by Crippen LogP contribution is -2.16. The SMILES string of the molecule is CCCOc1cncc(C(O)C2CCCc3sccc32)c1. The smallest absolute Gasteiger partial charge is 0.137 e. The zero-order valence-electron chi connectivity index (χ0n) is 12.3. The van der Waals surface area contributed by atoms with Gasteiger partial charge in [-0.05, 0) is 48.8 Å². The summed E-state index contributed by atoms with van der Waals surface area (Å²) in [6.07, 6.45) is 7.25. The summed E-state index contributed by atoms with van der Waals surface area (Å²) in [4.78, 5) is 5.64. The van der Waals surface area contributed by atoms with Gasteiger partial charge in [-0.1, -0.05) is 6.92 Å². The fourth-order valence-corrected chi connectivity index (χ4v) is 3.98. The van der Waals surface area contributed by atoms with E-state index >= 15 is 0 Å². The van der Waals surface area contributed by atoms with Crippen LogP contribution < -0.4 is 4.74 Å². The predicted molar refractivity (Wildman–Crippen MR) is 85.0 cm³/mol. The molecule has 0 saturated carbocycles. The van der Waals surface area contributed by atoms with Crippen molar-refractivity contribution in [1.82, 2.24) is 4.98 Å². The quantitative estimate of drug-likeness (QED) is 0.904. The van der Waals surface area contributed by atoms with Crippen molar-refractivity contribution in [3.05, 3.63) is 45.9 Å². The Morgan fingerprint density at radius 2 is 2.38 bits per heavy atom. The lowest BCUT2D eigenvalue weighted by atomic mass is 9.82. The predicted octanol–water partition coefficient (Wildman–Crippen LogP) is 4.09. The lowest BCUT2D eigenvalue weighted by Gasteiger charge is -2.27. The maximum Gasteiger partial charge on any atom is 0.137 e. The van der Waals surface area contributed by atoms with Crippen molar-refractivity contribution < 1.29 is 9.84 Å². The summed E-state index contributed by atoms with van der Waals surface area (Å²) in [5, 5.41) is 12.9. The van der Waals surface area contributed by atoms with E-state index in [0.29, 0.717) is 6.61 Å². The fraction of sp³-hybridized carbons (Fsp3) is 0.471. The van der Waals surface area contributed by atoms with Crippen LogP contribution in [0, 0.1) is 0 Å². The first-order chi connectivity index (χ1) is 10.3. The Morgan fingerprint density at radius 1 is 1.48 bits per heavy atom. The van der Waals surface area contributed by atoms with Crippen LogP contribution in [0.25, 0.3) is 0 Å². The molecule has 0 aromatic carbocycles. The molecule has 2 unspecified atom stereocenters. The van der Waals surface area contributed by atoms with Crippen molar-refractivity contribution in [3.8, 4) is 5.75 Å². The van der Waals surface area contributed by atoms with E-state index in [2.05, 4.69) is 23.4 Å². The molecule has 0 bridgehead atoms. The minimum absolute atomic E-state index is 0.184. The van der Waals surface area contributed by atoms with Gasteiger partial charge in [0.15, 0.2) is 0 Å². The van der Waals surface area contributed by atoms with Crippen molar-refractivity contribution in [3.63, 3.8) is 0 Å². The zero-order chi connectivity index (χ0) is 14.7.